The van der Waals surface area contributed by atoms with Gasteiger partial charge in [0.2, 0.25) is 5.91 Å². The number of hydrogen-bond acceptors (Lipinski definition) is 8. The van der Waals surface area contributed by atoms with E-state index in [9.17, 15) is 10.0 Å². The zero-order valence-electron chi connectivity index (χ0n) is 21.7. The van der Waals surface area contributed by atoms with Crippen molar-refractivity contribution in [3.8, 4) is 16.9 Å². The Kier molecular flexibility index (Phi) is 7.25. The summed E-state index contributed by atoms with van der Waals surface area (Å²) in [4.78, 5) is 24.2. The maximum atomic E-state index is 12.8. The molecule has 5 rings (SSSR count). The number of methoxy groups -OCH3 is 1. The lowest BCUT2D eigenvalue weighted by Crippen LogP contribution is -2.49. The second-order valence-electron chi connectivity index (χ2n) is 9.73. The molecule has 1 saturated heterocycles. The smallest absolute Gasteiger partial charge is 0.223 e. The average molecular weight is 503 g/mol. The van der Waals surface area contributed by atoms with E-state index in [2.05, 4.69) is 20.3 Å². The molecule has 2 aliphatic rings. The summed E-state index contributed by atoms with van der Waals surface area (Å²) >= 11 is 0. The summed E-state index contributed by atoms with van der Waals surface area (Å²) in [6, 6.07) is 13.8. The van der Waals surface area contributed by atoms with Gasteiger partial charge < -0.3 is 30.0 Å². The molecule has 1 amide bonds. The van der Waals surface area contributed by atoms with E-state index in [1.54, 1.807) is 7.11 Å². The Labute approximate surface area is 217 Å². The highest BCUT2D eigenvalue weighted by Crippen LogP contribution is 2.46. The summed E-state index contributed by atoms with van der Waals surface area (Å²) in [5, 5.41) is 18.1. The third-order valence-electron chi connectivity index (χ3n) is 7.14. The predicted octanol–water partition coefficient (Wildman–Crippen LogP) is 2.64. The van der Waals surface area contributed by atoms with Crippen LogP contribution in [0.4, 0.5) is 5.82 Å². The number of para-hydroxylation sites is 1. The first-order chi connectivity index (χ1) is 18.0. The molecule has 2 N–H and O–H groups in total. The second-order valence-corrected chi connectivity index (χ2v) is 9.73. The molecule has 2 heterocycles. The minimum atomic E-state index is 0.181. The Bertz CT molecular complexity index is 1330. The number of likely N-dealkylation sites (N-methyl/N-ethyl adjacent to an activating group) is 1. The number of anilines is 1. The monoisotopic (exact) mass is 502 g/mol. The largest absolute Gasteiger partial charge is 0.497 e. The van der Waals surface area contributed by atoms with Crippen LogP contribution in [0.2, 0.25) is 0 Å². The Morgan fingerprint density at radius 1 is 1.08 bits per heavy atom. The van der Waals surface area contributed by atoms with Crippen LogP contribution in [-0.4, -0.2) is 98.6 Å². The number of oxime groups is 1. The summed E-state index contributed by atoms with van der Waals surface area (Å²) in [6.45, 7) is 5.19. The maximum absolute atomic E-state index is 12.8. The molecule has 1 aliphatic heterocycles. The first kappa shape index (κ1) is 25.0. The van der Waals surface area contributed by atoms with Crippen molar-refractivity contribution in [3.63, 3.8) is 0 Å². The minimum absolute atomic E-state index is 0.181. The van der Waals surface area contributed by atoms with E-state index < -0.39 is 0 Å². The molecule has 2 aromatic carbocycles. The number of nitrogens with one attached hydrogen (secondary N) is 1. The molecule has 3 aromatic rings. The minimum Gasteiger partial charge on any atom is -0.497 e. The van der Waals surface area contributed by atoms with Gasteiger partial charge in [0, 0.05) is 74.3 Å². The van der Waals surface area contributed by atoms with Crippen LogP contribution in [0.25, 0.3) is 22.0 Å². The first-order valence-electron chi connectivity index (χ1n) is 12.7. The van der Waals surface area contributed by atoms with Gasteiger partial charge in [0.05, 0.1) is 12.6 Å². The lowest BCUT2D eigenvalue weighted by atomic mass is 10.0. The standard InChI is InChI=1S/C28H34N6O3/c1-32(2)13-12-29-11-10-24(35)33-14-16-34(17-15-33)28-26-20-9-8-19(37-3)18-22(20)27(31-36)25(26)21-6-4-5-7-23(21)30-28/h4-9,18,29,36H,10-17H2,1-3H3. The number of pyridine rings is 1. The molecule has 9 nitrogen and oxygen atoms in total. The SMILES string of the molecule is COc1ccc2c(c1)C(=NO)c1c-2c(N2CCN(C(=O)CCNCCN(C)C)CC2)nc2ccccc12. The van der Waals surface area contributed by atoms with Gasteiger partial charge in [-0.3, -0.25) is 4.79 Å². The lowest BCUT2D eigenvalue weighted by molar-refractivity contribution is -0.131. The molecule has 0 bridgehead atoms. The molecule has 0 unspecified atom stereocenters. The van der Waals surface area contributed by atoms with E-state index in [-0.39, 0.29) is 5.91 Å². The quantitative estimate of drug-likeness (QED) is 0.217. The molecule has 9 heteroatoms. The van der Waals surface area contributed by atoms with Gasteiger partial charge in [0.25, 0.3) is 0 Å². The van der Waals surface area contributed by atoms with E-state index in [1.165, 1.54) is 0 Å². The molecule has 0 saturated carbocycles. The van der Waals surface area contributed by atoms with Crippen molar-refractivity contribution >= 4 is 28.3 Å². The molecular formula is C28H34N6O3. The number of rotatable bonds is 8. The fourth-order valence-electron chi connectivity index (χ4n) is 5.18. The molecule has 0 spiro atoms. The van der Waals surface area contributed by atoms with Crippen LogP contribution in [0.5, 0.6) is 5.75 Å². The molecule has 1 aliphatic carbocycles. The van der Waals surface area contributed by atoms with Crippen LogP contribution in [0.15, 0.2) is 47.6 Å². The number of carbonyl (C=O) groups excluding carboxylic acids is 1. The predicted molar refractivity (Wildman–Crippen MR) is 146 cm³/mol. The third kappa shape index (κ3) is 4.84. The van der Waals surface area contributed by atoms with Crippen molar-refractivity contribution in [2.75, 3.05) is 71.9 Å². The number of nitrogens with zero attached hydrogens (tertiary/aromatic N) is 5. The van der Waals surface area contributed by atoms with Crippen LogP contribution in [0, 0.1) is 0 Å². The van der Waals surface area contributed by atoms with Gasteiger partial charge in [0.15, 0.2) is 0 Å². The second kappa shape index (κ2) is 10.7. The summed E-state index contributed by atoms with van der Waals surface area (Å²) < 4.78 is 5.44. The average Bonchev–Trinajstić information content (AvgIpc) is 3.26. The highest BCUT2D eigenvalue weighted by molar-refractivity contribution is 6.30. The maximum Gasteiger partial charge on any atom is 0.223 e. The van der Waals surface area contributed by atoms with Crippen molar-refractivity contribution in [3.05, 3.63) is 53.6 Å². The number of aromatic nitrogens is 1. The normalized spacial score (nSPS) is 15.9. The van der Waals surface area contributed by atoms with Gasteiger partial charge in [-0.05, 0) is 43.9 Å². The van der Waals surface area contributed by atoms with Crippen molar-refractivity contribution < 1.29 is 14.7 Å². The van der Waals surface area contributed by atoms with Crippen LogP contribution >= 0.6 is 0 Å². The van der Waals surface area contributed by atoms with E-state index in [1.807, 2.05) is 61.5 Å². The van der Waals surface area contributed by atoms with Gasteiger partial charge in [-0.15, -0.1) is 0 Å². The van der Waals surface area contributed by atoms with Gasteiger partial charge in [0.1, 0.15) is 17.3 Å². The number of hydrogen-bond donors (Lipinski definition) is 2. The van der Waals surface area contributed by atoms with Crippen LogP contribution in [0.1, 0.15) is 17.5 Å². The molecule has 1 aromatic heterocycles. The molecule has 0 radical (unpaired) electrons. The van der Waals surface area contributed by atoms with Crippen LogP contribution < -0.4 is 15.0 Å². The van der Waals surface area contributed by atoms with Crippen molar-refractivity contribution in [2.45, 2.75) is 6.42 Å². The van der Waals surface area contributed by atoms with Crippen molar-refractivity contribution in [2.24, 2.45) is 5.16 Å². The Balaban J connectivity index is 1.40. The Hall–Kier alpha value is -3.69. The number of benzene rings is 2. The van der Waals surface area contributed by atoms with Crippen LogP contribution in [-0.2, 0) is 4.79 Å². The van der Waals surface area contributed by atoms with Crippen LogP contribution in [0.3, 0.4) is 0 Å². The van der Waals surface area contributed by atoms with E-state index >= 15 is 0 Å². The number of fused-ring (bicyclic) bond motifs is 5. The van der Waals surface area contributed by atoms with Gasteiger partial charge in [-0.1, -0.05) is 23.4 Å². The molecule has 37 heavy (non-hydrogen) atoms. The highest BCUT2D eigenvalue weighted by Gasteiger charge is 2.34. The van der Waals surface area contributed by atoms with E-state index in [0.717, 1.165) is 52.1 Å². The Morgan fingerprint density at radius 2 is 1.86 bits per heavy atom. The highest BCUT2D eigenvalue weighted by atomic mass is 16.5. The molecular weight excluding hydrogens is 468 g/mol. The fraction of sp³-hybridized carbons (Fsp3) is 0.393. The van der Waals surface area contributed by atoms with E-state index in [4.69, 9.17) is 9.72 Å². The lowest BCUT2D eigenvalue weighted by Gasteiger charge is -2.36. The molecule has 1 fully saturated rings. The third-order valence-corrected chi connectivity index (χ3v) is 7.14. The van der Waals surface area contributed by atoms with Gasteiger partial charge in [-0.25, -0.2) is 4.98 Å². The molecule has 0 atom stereocenters. The van der Waals surface area contributed by atoms with Gasteiger partial charge in [-0.2, -0.15) is 0 Å². The fourth-order valence-corrected chi connectivity index (χ4v) is 5.18. The number of carbonyl (C=O) groups is 1. The molecule has 194 valence electrons. The number of piperazine rings is 1. The zero-order valence-corrected chi connectivity index (χ0v) is 21.7. The Morgan fingerprint density at radius 3 is 2.59 bits per heavy atom. The summed E-state index contributed by atoms with van der Waals surface area (Å²) in [5.74, 6) is 1.74. The summed E-state index contributed by atoms with van der Waals surface area (Å²) in [5.41, 5.74) is 5.02. The first-order valence-corrected chi connectivity index (χ1v) is 12.7. The summed E-state index contributed by atoms with van der Waals surface area (Å²) in [6.07, 6.45) is 0.503. The topological polar surface area (TPSA) is 93.5 Å². The van der Waals surface area contributed by atoms with E-state index in [0.29, 0.717) is 50.6 Å². The van der Waals surface area contributed by atoms with Crippen molar-refractivity contribution in [1.29, 1.82) is 0 Å². The number of ether oxygens (including phenoxy) is 1. The van der Waals surface area contributed by atoms with Gasteiger partial charge >= 0.3 is 0 Å². The number of amides is 1. The van der Waals surface area contributed by atoms with Crippen molar-refractivity contribution in [1.82, 2.24) is 20.1 Å². The zero-order chi connectivity index (χ0) is 25.9. The summed E-state index contributed by atoms with van der Waals surface area (Å²) in [7, 11) is 5.71.